The SMILES string of the molecule is Nc1c(O)ccc2cc(-c3nc4ccccc4s3)ccc12. The van der Waals surface area contributed by atoms with Crippen molar-refractivity contribution < 1.29 is 5.11 Å². The van der Waals surface area contributed by atoms with E-state index in [1.54, 1.807) is 17.4 Å². The van der Waals surface area contributed by atoms with Crippen molar-refractivity contribution >= 4 is 38.0 Å². The molecular formula is C17H12N2OS. The van der Waals surface area contributed by atoms with E-state index >= 15 is 0 Å². The number of thiazole rings is 1. The van der Waals surface area contributed by atoms with E-state index in [2.05, 4.69) is 17.1 Å². The Labute approximate surface area is 125 Å². The molecule has 4 heteroatoms. The van der Waals surface area contributed by atoms with Crippen LogP contribution in [0.2, 0.25) is 0 Å². The Morgan fingerprint density at radius 1 is 1.00 bits per heavy atom. The number of aromatic hydroxyl groups is 1. The highest BCUT2D eigenvalue weighted by Crippen LogP contribution is 2.35. The van der Waals surface area contributed by atoms with Gasteiger partial charge in [0, 0.05) is 10.9 Å². The third kappa shape index (κ3) is 1.92. The van der Waals surface area contributed by atoms with E-state index < -0.39 is 0 Å². The molecule has 0 aliphatic rings. The fraction of sp³-hybridized carbons (Fsp3) is 0. The molecule has 4 aromatic rings. The molecule has 0 radical (unpaired) electrons. The quantitative estimate of drug-likeness (QED) is 0.404. The summed E-state index contributed by atoms with van der Waals surface area (Å²) in [6.45, 7) is 0. The van der Waals surface area contributed by atoms with Gasteiger partial charge in [-0.2, -0.15) is 0 Å². The summed E-state index contributed by atoms with van der Waals surface area (Å²) in [5.41, 5.74) is 8.41. The summed E-state index contributed by atoms with van der Waals surface area (Å²) >= 11 is 1.67. The van der Waals surface area contributed by atoms with E-state index in [4.69, 9.17) is 5.73 Å². The Bertz CT molecular complexity index is 942. The molecule has 1 heterocycles. The number of nitrogens with two attached hydrogens (primary N) is 1. The molecule has 0 fully saturated rings. The van der Waals surface area contributed by atoms with E-state index in [1.807, 2.05) is 36.4 Å². The average molecular weight is 292 g/mol. The number of fused-ring (bicyclic) bond motifs is 2. The molecule has 21 heavy (non-hydrogen) atoms. The lowest BCUT2D eigenvalue weighted by Gasteiger charge is -2.05. The Hall–Kier alpha value is -2.59. The van der Waals surface area contributed by atoms with Crippen molar-refractivity contribution in [3.63, 3.8) is 0 Å². The van der Waals surface area contributed by atoms with Gasteiger partial charge in [-0.1, -0.05) is 30.3 Å². The number of rotatable bonds is 1. The molecule has 4 rings (SSSR count). The fourth-order valence-corrected chi connectivity index (χ4v) is 3.43. The minimum absolute atomic E-state index is 0.121. The van der Waals surface area contributed by atoms with Crippen LogP contribution in [-0.2, 0) is 0 Å². The van der Waals surface area contributed by atoms with Crippen molar-refractivity contribution in [2.75, 3.05) is 5.73 Å². The Kier molecular flexibility index (Phi) is 2.59. The molecule has 0 saturated heterocycles. The first-order valence-electron chi connectivity index (χ1n) is 6.59. The number of phenols is 1. The van der Waals surface area contributed by atoms with Crippen molar-refractivity contribution in [1.29, 1.82) is 0 Å². The van der Waals surface area contributed by atoms with Gasteiger partial charge in [0.25, 0.3) is 0 Å². The highest BCUT2D eigenvalue weighted by Gasteiger charge is 2.08. The normalized spacial score (nSPS) is 11.2. The smallest absolute Gasteiger partial charge is 0.139 e. The number of nitrogens with zero attached hydrogens (tertiary/aromatic N) is 1. The van der Waals surface area contributed by atoms with Crippen LogP contribution in [0.3, 0.4) is 0 Å². The Morgan fingerprint density at radius 3 is 2.71 bits per heavy atom. The van der Waals surface area contributed by atoms with Gasteiger partial charge in [0.15, 0.2) is 0 Å². The monoisotopic (exact) mass is 292 g/mol. The van der Waals surface area contributed by atoms with Gasteiger partial charge in [-0.05, 0) is 29.7 Å². The molecule has 1 aromatic heterocycles. The van der Waals surface area contributed by atoms with Crippen LogP contribution in [0.25, 0.3) is 31.6 Å². The van der Waals surface area contributed by atoms with E-state index in [-0.39, 0.29) is 5.75 Å². The van der Waals surface area contributed by atoms with Gasteiger partial charge in [0.1, 0.15) is 10.8 Å². The van der Waals surface area contributed by atoms with E-state index in [0.717, 1.165) is 26.9 Å². The van der Waals surface area contributed by atoms with Gasteiger partial charge in [0.05, 0.1) is 15.9 Å². The van der Waals surface area contributed by atoms with Crippen molar-refractivity contribution in [1.82, 2.24) is 4.98 Å². The van der Waals surface area contributed by atoms with Gasteiger partial charge < -0.3 is 10.8 Å². The topological polar surface area (TPSA) is 59.1 Å². The summed E-state index contributed by atoms with van der Waals surface area (Å²) in [6.07, 6.45) is 0. The number of anilines is 1. The van der Waals surface area contributed by atoms with Gasteiger partial charge >= 0.3 is 0 Å². The maximum Gasteiger partial charge on any atom is 0.139 e. The van der Waals surface area contributed by atoms with E-state index in [9.17, 15) is 5.11 Å². The highest BCUT2D eigenvalue weighted by atomic mass is 32.1. The molecule has 0 amide bonds. The average Bonchev–Trinajstić information content (AvgIpc) is 2.95. The van der Waals surface area contributed by atoms with Gasteiger partial charge in [-0.25, -0.2) is 4.98 Å². The van der Waals surface area contributed by atoms with Crippen LogP contribution in [0.15, 0.2) is 54.6 Å². The second-order valence-electron chi connectivity index (χ2n) is 4.92. The number of phenolic OH excluding ortho intramolecular Hbond substituents is 1. The first-order chi connectivity index (χ1) is 10.2. The summed E-state index contributed by atoms with van der Waals surface area (Å²) in [5, 5.41) is 12.5. The number of para-hydroxylation sites is 1. The van der Waals surface area contributed by atoms with Crippen LogP contribution in [0, 0.1) is 0 Å². The molecular weight excluding hydrogens is 280 g/mol. The summed E-state index contributed by atoms with van der Waals surface area (Å²) < 4.78 is 1.18. The largest absolute Gasteiger partial charge is 0.506 e. The number of benzene rings is 3. The standard InChI is InChI=1S/C17H12N2OS/c18-16-12-7-5-11(9-10(12)6-8-14(16)20)17-19-13-3-1-2-4-15(13)21-17/h1-9,20H,18H2. The molecule has 0 unspecified atom stereocenters. The van der Waals surface area contributed by atoms with Crippen LogP contribution in [-0.4, -0.2) is 10.1 Å². The van der Waals surface area contributed by atoms with Gasteiger partial charge in [-0.15, -0.1) is 11.3 Å². The molecule has 3 nitrogen and oxygen atoms in total. The van der Waals surface area contributed by atoms with Crippen molar-refractivity contribution in [2.24, 2.45) is 0 Å². The zero-order valence-corrected chi connectivity index (χ0v) is 11.9. The predicted molar refractivity (Wildman–Crippen MR) is 88.6 cm³/mol. The summed E-state index contributed by atoms with van der Waals surface area (Å²) in [5.74, 6) is 0.121. The second kappa shape index (κ2) is 4.46. The highest BCUT2D eigenvalue weighted by molar-refractivity contribution is 7.21. The molecule has 0 atom stereocenters. The fourth-order valence-electron chi connectivity index (χ4n) is 2.47. The Balaban J connectivity index is 1.92. The lowest BCUT2D eigenvalue weighted by atomic mass is 10.1. The molecule has 0 saturated carbocycles. The third-order valence-corrected chi connectivity index (χ3v) is 4.66. The number of hydrogen-bond acceptors (Lipinski definition) is 4. The summed E-state index contributed by atoms with van der Waals surface area (Å²) in [6, 6.07) is 17.6. The third-order valence-electron chi connectivity index (χ3n) is 3.58. The lowest BCUT2D eigenvalue weighted by Crippen LogP contribution is -1.88. The molecule has 0 aliphatic carbocycles. The first kappa shape index (κ1) is 12.2. The molecule has 0 spiro atoms. The number of nitrogen functional groups attached to an aromatic ring is 1. The van der Waals surface area contributed by atoms with Crippen LogP contribution in [0.5, 0.6) is 5.75 Å². The first-order valence-corrected chi connectivity index (χ1v) is 7.41. The van der Waals surface area contributed by atoms with Crippen LogP contribution < -0.4 is 5.73 Å². The molecule has 0 aliphatic heterocycles. The van der Waals surface area contributed by atoms with Crippen LogP contribution in [0.1, 0.15) is 0 Å². The van der Waals surface area contributed by atoms with Crippen LogP contribution >= 0.6 is 11.3 Å². The lowest BCUT2D eigenvalue weighted by molar-refractivity contribution is 0.478. The van der Waals surface area contributed by atoms with Crippen molar-refractivity contribution in [3.05, 3.63) is 54.6 Å². The van der Waals surface area contributed by atoms with Gasteiger partial charge in [0.2, 0.25) is 0 Å². The zero-order chi connectivity index (χ0) is 14.4. The van der Waals surface area contributed by atoms with Crippen LogP contribution in [0.4, 0.5) is 5.69 Å². The van der Waals surface area contributed by atoms with Crippen molar-refractivity contribution in [2.45, 2.75) is 0 Å². The summed E-state index contributed by atoms with van der Waals surface area (Å²) in [7, 11) is 0. The molecule has 0 bridgehead atoms. The zero-order valence-electron chi connectivity index (χ0n) is 11.1. The predicted octanol–water partition coefficient (Wildman–Crippen LogP) is 4.40. The van der Waals surface area contributed by atoms with E-state index in [0.29, 0.717) is 5.69 Å². The van der Waals surface area contributed by atoms with Crippen molar-refractivity contribution in [3.8, 4) is 16.3 Å². The Morgan fingerprint density at radius 2 is 1.86 bits per heavy atom. The number of hydrogen-bond donors (Lipinski definition) is 2. The number of aromatic nitrogens is 1. The molecule has 3 N–H and O–H groups in total. The van der Waals surface area contributed by atoms with Gasteiger partial charge in [-0.3, -0.25) is 0 Å². The van der Waals surface area contributed by atoms with E-state index in [1.165, 1.54) is 4.70 Å². The second-order valence-corrected chi connectivity index (χ2v) is 5.95. The summed E-state index contributed by atoms with van der Waals surface area (Å²) in [4.78, 5) is 4.67. The minimum Gasteiger partial charge on any atom is -0.506 e. The maximum absolute atomic E-state index is 9.66. The molecule has 102 valence electrons. The minimum atomic E-state index is 0.121. The molecule has 3 aromatic carbocycles. The maximum atomic E-state index is 9.66.